The van der Waals surface area contributed by atoms with Crippen molar-refractivity contribution >= 4 is 11.6 Å². The molecule has 98 valence electrons. The quantitative estimate of drug-likeness (QED) is 0.818. The van der Waals surface area contributed by atoms with Gasteiger partial charge in [0.15, 0.2) is 0 Å². The number of nitrogens with one attached hydrogen (secondary N) is 1. The van der Waals surface area contributed by atoms with E-state index in [9.17, 15) is 9.18 Å². The molecule has 1 aromatic heterocycles. The molecule has 0 unspecified atom stereocenters. The number of amides is 1. The number of aryl methyl sites for hydroxylation is 1. The van der Waals surface area contributed by atoms with Crippen LogP contribution in [0.15, 0.2) is 30.5 Å². The first-order valence-corrected chi connectivity index (χ1v) is 5.68. The molecule has 1 aromatic carbocycles. The van der Waals surface area contributed by atoms with Gasteiger partial charge in [0.25, 0.3) is 5.91 Å². The van der Waals surface area contributed by atoms with Crippen molar-refractivity contribution < 1.29 is 9.18 Å². The minimum absolute atomic E-state index is 0.116. The van der Waals surface area contributed by atoms with Gasteiger partial charge in [-0.25, -0.2) is 14.4 Å². The lowest BCUT2D eigenvalue weighted by molar-refractivity contribution is 0.0951. The van der Waals surface area contributed by atoms with Crippen LogP contribution in [-0.4, -0.2) is 15.9 Å². The van der Waals surface area contributed by atoms with Gasteiger partial charge < -0.3 is 11.1 Å². The third kappa shape index (κ3) is 3.04. The van der Waals surface area contributed by atoms with Crippen LogP contribution in [0.2, 0.25) is 0 Å². The molecule has 0 saturated heterocycles. The molecule has 1 amide bonds. The molecule has 19 heavy (non-hydrogen) atoms. The highest BCUT2D eigenvalue weighted by Crippen LogP contribution is 2.15. The molecular formula is C13H13FN4O. The Balaban J connectivity index is 2.08. The number of benzene rings is 1. The molecule has 0 aliphatic heterocycles. The molecule has 5 nitrogen and oxygen atoms in total. The lowest BCUT2D eigenvalue weighted by Gasteiger charge is -2.07. The normalized spacial score (nSPS) is 10.2. The first kappa shape index (κ1) is 12.9. The molecule has 0 bridgehead atoms. The molecule has 3 N–H and O–H groups in total. The Morgan fingerprint density at radius 1 is 1.42 bits per heavy atom. The first-order valence-electron chi connectivity index (χ1n) is 5.68. The van der Waals surface area contributed by atoms with Crippen LogP contribution in [-0.2, 0) is 6.54 Å². The smallest absolute Gasteiger partial charge is 0.253 e. The molecule has 2 rings (SSSR count). The van der Waals surface area contributed by atoms with E-state index in [0.29, 0.717) is 11.5 Å². The highest BCUT2D eigenvalue weighted by Gasteiger charge is 2.12. The summed E-state index contributed by atoms with van der Waals surface area (Å²) in [5.74, 6) is -0.421. The third-order valence-corrected chi connectivity index (χ3v) is 2.56. The number of hydrogen-bond acceptors (Lipinski definition) is 4. The maximum atomic E-state index is 13.2. The van der Waals surface area contributed by atoms with Crippen LogP contribution >= 0.6 is 0 Å². The van der Waals surface area contributed by atoms with Gasteiger partial charge in [-0.05, 0) is 25.1 Å². The van der Waals surface area contributed by atoms with Crippen LogP contribution in [0.3, 0.4) is 0 Å². The van der Waals surface area contributed by atoms with Crippen molar-refractivity contribution in [1.82, 2.24) is 15.3 Å². The number of nitrogens with zero attached hydrogens (tertiary/aromatic N) is 2. The summed E-state index contributed by atoms with van der Waals surface area (Å²) in [5.41, 5.74) is 6.15. The predicted molar refractivity (Wildman–Crippen MR) is 68.8 cm³/mol. The monoisotopic (exact) mass is 260 g/mol. The van der Waals surface area contributed by atoms with Crippen molar-refractivity contribution in [2.75, 3.05) is 5.73 Å². The number of nitrogens with two attached hydrogens (primary N) is 1. The van der Waals surface area contributed by atoms with Crippen LogP contribution < -0.4 is 11.1 Å². The van der Waals surface area contributed by atoms with E-state index in [1.807, 2.05) is 0 Å². The number of nitrogen functional groups attached to an aromatic ring is 1. The molecule has 6 heteroatoms. The van der Waals surface area contributed by atoms with Gasteiger partial charge in [-0.2, -0.15) is 0 Å². The minimum Gasteiger partial charge on any atom is -0.396 e. The van der Waals surface area contributed by atoms with Crippen LogP contribution in [0.25, 0.3) is 0 Å². The van der Waals surface area contributed by atoms with E-state index in [1.54, 1.807) is 19.2 Å². The van der Waals surface area contributed by atoms with Gasteiger partial charge in [0.05, 0.1) is 23.5 Å². The average molecular weight is 260 g/mol. The standard InChI is InChI=1S/C13H13FN4O/c1-8-16-6-5-9(18-8)7-17-13(19)10-3-2-4-11(14)12(10)15/h2-6H,7,15H2,1H3,(H,17,19). The van der Waals surface area contributed by atoms with Crippen molar-refractivity contribution in [3.63, 3.8) is 0 Å². The Bertz CT molecular complexity index is 615. The Morgan fingerprint density at radius 3 is 2.95 bits per heavy atom. The van der Waals surface area contributed by atoms with E-state index in [1.165, 1.54) is 18.2 Å². The summed E-state index contributed by atoms with van der Waals surface area (Å²) in [5, 5.41) is 2.63. The zero-order valence-corrected chi connectivity index (χ0v) is 10.4. The number of rotatable bonds is 3. The van der Waals surface area contributed by atoms with E-state index < -0.39 is 11.7 Å². The SMILES string of the molecule is Cc1nccc(CNC(=O)c2cccc(F)c2N)n1. The average Bonchev–Trinajstić information content (AvgIpc) is 2.39. The number of hydrogen-bond donors (Lipinski definition) is 2. The van der Waals surface area contributed by atoms with Crippen molar-refractivity contribution in [3.8, 4) is 0 Å². The number of para-hydroxylation sites is 1. The summed E-state index contributed by atoms with van der Waals surface area (Å²) >= 11 is 0. The molecule has 0 aliphatic rings. The minimum atomic E-state index is -0.606. The second-order valence-electron chi connectivity index (χ2n) is 3.98. The van der Waals surface area contributed by atoms with Crippen LogP contribution in [0, 0.1) is 12.7 Å². The number of halogens is 1. The summed E-state index contributed by atoms with van der Waals surface area (Å²) in [6, 6.07) is 5.82. The zero-order chi connectivity index (χ0) is 13.8. The summed E-state index contributed by atoms with van der Waals surface area (Å²) in [4.78, 5) is 20.0. The fourth-order valence-corrected chi connectivity index (χ4v) is 1.60. The largest absolute Gasteiger partial charge is 0.396 e. The van der Waals surface area contributed by atoms with Gasteiger partial charge in [0.2, 0.25) is 0 Å². The van der Waals surface area contributed by atoms with Gasteiger partial charge in [0.1, 0.15) is 11.6 Å². The van der Waals surface area contributed by atoms with Gasteiger partial charge in [-0.15, -0.1) is 0 Å². The molecule has 0 spiro atoms. The molecule has 1 heterocycles. The summed E-state index contributed by atoms with van der Waals surface area (Å²) in [6.45, 7) is 1.99. The molecule has 0 radical (unpaired) electrons. The van der Waals surface area contributed by atoms with Gasteiger partial charge >= 0.3 is 0 Å². The number of carbonyl (C=O) groups is 1. The second kappa shape index (κ2) is 5.43. The third-order valence-electron chi connectivity index (χ3n) is 2.56. The molecule has 0 atom stereocenters. The molecule has 0 aliphatic carbocycles. The Kier molecular flexibility index (Phi) is 3.70. The lowest BCUT2D eigenvalue weighted by atomic mass is 10.1. The second-order valence-corrected chi connectivity index (χ2v) is 3.98. The topological polar surface area (TPSA) is 80.9 Å². The fraction of sp³-hybridized carbons (Fsp3) is 0.154. The summed E-state index contributed by atoms with van der Waals surface area (Å²) < 4.78 is 13.2. The molecule has 0 saturated carbocycles. The van der Waals surface area contributed by atoms with E-state index in [4.69, 9.17) is 5.73 Å². The van der Waals surface area contributed by atoms with Gasteiger partial charge in [-0.1, -0.05) is 6.07 Å². The van der Waals surface area contributed by atoms with E-state index in [0.717, 1.165) is 0 Å². The number of aromatic nitrogens is 2. The van der Waals surface area contributed by atoms with Crippen LogP contribution in [0.1, 0.15) is 21.9 Å². The van der Waals surface area contributed by atoms with Gasteiger partial charge in [0, 0.05) is 6.20 Å². The predicted octanol–water partition coefficient (Wildman–Crippen LogP) is 1.44. The Labute approximate surface area is 109 Å². The van der Waals surface area contributed by atoms with E-state index in [-0.39, 0.29) is 17.8 Å². The van der Waals surface area contributed by atoms with Crippen molar-refractivity contribution in [2.45, 2.75) is 13.5 Å². The Morgan fingerprint density at radius 2 is 2.21 bits per heavy atom. The van der Waals surface area contributed by atoms with Gasteiger partial charge in [-0.3, -0.25) is 4.79 Å². The maximum absolute atomic E-state index is 13.2. The van der Waals surface area contributed by atoms with Crippen molar-refractivity contribution in [1.29, 1.82) is 0 Å². The zero-order valence-electron chi connectivity index (χ0n) is 10.4. The summed E-state index contributed by atoms with van der Waals surface area (Å²) in [6.07, 6.45) is 1.61. The van der Waals surface area contributed by atoms with E-state index >= 15 is 0 Å². The fourth-order valence-electron chi connectivity index (χ4n) is 1.60. The summed E-state index contributed by atoms with van der Waals surface area (Å²) in [7, 11) is 0. The van der Waals surface area contributed by atoms with Crippen LogP contribution in [0.5, 0.6) is 0 Å². The molecule has 2 aromatic rings. The lowest BCUT2D eigenvalue weighted by Crippen LogP contribution is -2.24. The van der Waals surface area contributed by atoms with E-state index in [2.05, 4.69) is 15.3 Å². The number of anilines is 1. The molecule has 0 fully saturated rings. The van der Waals surface area contributed by atoms with Crippen LogP contribution in [0.4, 0.5) is 10.1 Å². The Hall–Kier alpha value is -2.50. The molecular weight excluding hydrogens is 247 g/mol. The highest BCUT2D eigenvalue weighted by atomic mass is 19.1. The first-order chi connectivity index (χ1) is 9.08. The number of carbonyl (C=O) groups excluding carboxylic acids is 1. The highest BCUT2D eigenvalue weighted by molar-refractivity contribution is 5.99. The maximum Gasteiger partial charge on any atom is 0.253 e. The van der Waals surface area contributed by atoms with Crippen molar-refractivity contribution in [2.24, 2.45) is 0 Å². The van der Waals surface area contributed by atoms with Crippen molar-refractivity contribution in [3.05, 3.63) is 53.4 Å².